The molecule has 2 saturated heterocycles. The molecule has 0 atom stereocenters. The molecule has 0 saturated carbocycles. The SMILES string of the molecule is CCS(=O)(=O)N1CCN(c2cc3c(cn2)OC2(CC3)CCN(C(=O)OC(C)(C)C)CC2)CC1. The van der Waals surface area contributed by atoms with E-state index < -0.39 is 15.6 Å². The van der Waals surface area contributed by atoms with Gasteiger partial charge in [-0.05, 0) is 52.2 Å². The highest BCUT2D eigenvalue weighted by molar-refractivity contribution is 7.89. The first kappa shape index (κ1) is 24.1. The first-order chi connectivity index (χ1) is 15.5. The van der Waals surface area contributed by atoms with Crippen molar-refractivity contribution in [2.45, 2.75) is 64.6 Å². The lowest BCUT2D eigenvalue weighted by Gasteiger charge is -2.44. The van der Waals surface area contributed by atoms with E-state index in [0.717, 1.165) is 42.8 Å². The van der Waals surface area contributed by atoms with E-state index in [-0.39, 0.29) is 17.4 Å². The summed E-state index contributed by atoms with van der Waals surface area (Å²) in [5.41, 5.74) is 0.394. The van der Waals surface area contributed by atoms with Gasteiger partial charge in [0.15, 0.2) is 0 Å². The lowest BCUT2D eigenvalue weighted by atomic mass is 9.83. The third-order valence-corrected chi connectivity index (χ3v) is 8.64. The number of amides is 1. The van der Waals surface area contributed by atoms with E-state index in [4.69, 9.17) is 9.47 Å². The van der Waals surface area contributed by atoms with Crippen LogP contribution in [0.4, 0.5) is 10.6 Å². The highest BCUT2D eigenvalue weighted by Gasteiger charge is 2.41. The molecule has 0 N–H and O–H groups in total. The molecule has 0 aliphatic carbocycles. The highest BCUT2D eigenvalue weighted by Crippen LogP contribution is 2.40. The van der Waals surface area contributed by atoms with Gasteiger partial charge in [-0.3, -0.25) is 0 Å². The predicted molar refractivity (Wildman–Crippen MR) is 126 cm³/mol. The Kier molecular flexibility index (Phi) is 6.52. The zero-order chi connectivity index (χ0) is 23.9. The number of piperazine rings is 1. The summed E-state index contributed by atoms with van der Waals surface area (Å²) in [6.45, 7) is 10.8. The van der Waals surface area contributed by atoms with E-state index >= 15 is 0 Å². The number of piperidine rings is 1. The molecule has 0 radical (unpaired) electrons. The van der Waals surface area contributed by atoms with Crippen LogP contribution < -0.4 is 9.64 Å². The van der Waals surface area contributed by atoms with E-state index in [1.807, 2.05) is 20.8 Å². The molecule has 1 spiro atoms. The fourth-order valence-electron chi connectivity index (χ4n) is 4.73. The fourth-order valence-corrected chi connectivity index (χ4v) is 5.82. The number of sulfonamides is 1. The average molecular weight is 481 g/mol. The van der Waals surface area contributed by atoms with Crippen molar-refractivity contribution in [3.63, 3.8) is 0 Å². The third kappa shape index (κ3) is 5.37. The van der Waals surface area contributed by atoms with Gasteiger partial charge in [0.05, 0.1) is 11.9 Å². The second-order valence-electron chi connectivity index (χ2n) is 10.2. The van der Waals surface area contributed by atoms with Crippen molar-refractivity contribution in [2.24, 2.45) is 0 Å². The second-order valence-corrected chi connectivity index (χ2v) is 12.4. The second kappa shape index (κ2) is 8.94. The molecule has 2 fully saturated rings. The number of aromatic nitrogens is 1. The maximum Gasteiger partial charge on any atom is 0.410 e. The number of fused-ring (bicyclic) bond motifs is 1. The number of carbonyl (C=O) groups excluding carboxylic acids is 1. The molecule has 0 bridgehead atoms. The van der Waals surface area contributed by atoms with E-state index in [9.17, 15) is 13.2 Å². The van der Waals surface area contributed by atoms with Gasteiger partial charge in [-0.25, -0.2) is 18.2 Å². The van der Waals surface area contributed by atoms with Gasteiger partial charge in [0.25, 0.3) is 0 Å². The van der Waals surface area contributed by atoms with E-state index in [2.05, 4.69) is 16.0 Å². The molecular weight excluding hydrogens is 444 g/mol. The Morgan fingerprint density at radius 1 is 1.12 bits per heavy atom. The molecule has 0 aromatic carbocycles. The molecule has 1 aromatic heterocycles. The summed E-state index contributed by atoms with van der Waals surface area (Å²) in [5.74, 6) is 1.84. The Bertz CT molecular complexity index is 975. The number of aryl methyl sites for hydroxylation is 1. The van der Waals surface area contributed by atoms with Gasteiger partial charge in [-0.15, -0.1) is 0 Å². The number of pyridine rings is 1. The zero-order valence-electron chi connectivity index (χ0n) is 20.2. The topological polar surface area (TPSA) is 92.3 Å². The number of nitrogens with zero attached hydrogens (tertiary/aromatic N) is 4. The quantitative estimate of drug-likeness (QED) is 0.657. The Morgan fingerprint density at radius 2 is 1.79 bits per heavy atom. The Hall–Kier alpha value is -2.07. The molecule has 4 rings (SSSR count). The van der Waals surface area contributed by atoms with Crippen LogP contribution in [-0.2, 0) is 21.2 Å². The summed E-state index contributed by atoms with van der Waals surface area (Å²) in [6.07, 6.45) is 4.92. The van der Waals surface area contributed by atoms with E-state index in [1.54, 1.807) is 22.3 Å². The van der Waals surface area contributed by atoms with Crippen LogP contribution in [0.25, 0.3) is 0 Å². The summed E-state index contributed by atoms with van der Waals surface area (Å²) in [4.78, 5) is 20.9. The van der Waals surface area contributed by atoms with Gasteiger partial charge in [0.2, 0.25) is 10.0 Å². The largest absolute Gasteiger partial charge is 0.485 e. The maximum atomic E-state index is 12.4. The van der Waals surface area contributed by atoms with Crippen LogP contribution in [0.2, 0.25) is 0 Å². The fraction of sp³-hybridized carbons (Fsp3) is 0.739. The standard InChI is InChI=1S/C23H36N4O5S/c1-5-33(29,30)27-14-12-25(13-15-27)20-16-18-6-7-23(31-19(18)17-24-20)8-10-26(11-9-23)21(28)32-22(2,3)4/h16-17H,5-15H2,1-4H3. The van der Waals surface area contributed by atoms with Crippen molar-refractivity contribution in [3.05, 3.63) is 17.8 Å². The van der Waals surface area contributed by atoms with E-state index in [1.165, 1.54) is 0 Å². The van der Waals surface area contributed by atoms with Crippen molar-refractivity contribution >= 4 is 21.9 Å². The lowest BCUT2D eigenvalue weighted by Crippen LogP contribution is -2.52. The van der Waals surface area contributed by atoms with Gasteiger partial charge < -0.3 is 19.3 Å². The van der Waals surface area contributed by atoms with Gasteiger partial charge in [-0.1, -0.05) is 0 Å². The Morgan fingerprint density at radius 3 is 2.39 bits per heavy atom. The average Bonchev–Trinajstić information content (AvgIpc) is 2.78. The monoisotopic (exact) mass is 480 g/mol. The van der Waals surface area contributed by atoms with Crippen LogP contribution in [0, 0.1) is 0 Å². The first-order valence-electron chi connectivity index (χ1n) is 11.9. The van der Waals surface area contributed by atoms with Crippen molar-refractivity contribution in [3.8, 4) is 5.75 Å². The third-order valence-electron chi connectivity index (χ3n) is 6.76. The molecule has 10 heteroatoms. The molecule has 9 nitrogen and oxygen atoms in total. The minimum absolute atomic E-state index is 0.138. The predicted octanol–water partition coefficient (Wildman–Crippen LogP) is 2.65. The number of carbonyl (C=O) groups is 1. The lowest BCUT2D eigenvalue weighted by molar-refractivity contribution is -0.0274. The van der Waals surface area contributed by atoms with Crippen molar-refractivity contribution in [1.82, 2.24) is 14.2 Å². The first-order valence-corrected chi connectivity index (χ1v) is 13.5. The molecule has 4 heterocycles. The van der Waals surface area contributed by atoms with Gasteiger partial charge in [0.1, 0.15) is 22.8 Å². The van der Waals surface area contributed by atoms with Crippen LogP contribution in [0.15, 0.2) is 12.3 Å². The number of anilines is 1. The van der Waals surface area contributed by atoms with Crippen LogP contribution in [0.1, 0.15) is 52.5 Å². The van der Waals surface area contributed by atoms with Crippen LogP contribution in [0.5, 0.6) is 5.75 Å². The minimum Gasteiger partial charge on any atom is -0.485 e. The molecule has 184 valence electrons. The number of rotatable bonds is 3. The zero-order valence-corrected chi connectivity index (χ0v) is 21.0. The number of hydrogen-bond donors (Lipinski definition) is 0. The van der Waals surface area contributed by atoms with Crippen LogP contribution in [0.3, 0.4) is 0 Å². The van der Waals surface area contributed by atoms with Gasteiger partial charge in [0, 0.05) is 52.1 Å². The number of ether oxygens (including phenoxy) is 2. The highest BCUT2D eigenvalue weighted by atomic mass is 32.2. The van der Waals surface area contributed by atoms with Crippen LogP contribution >= 0.6 is 0 Å². The normalized spacial score (nSPS) is 21.5. The smallest absolute Gasteiger partial charge is 0.410 e. The van der Waals surface area contributed by atoms with Crippen molar-refractivity contribution < 1.29 is 22.7 Å². The molecule has 3 aliphatic rings. The summed E-state index contributed by atoms with van der Waals surface area (Å²) < 4.78 is 37.7. The molecule has 0 unspecified atom stereocenters. The molecule has 1 amide bonds. The van der Waals surface area contributed by atoms with Crippen molar-refractivity contribution in [1.29, 1.82) is 0 Å². The number of hydrogen-bond acceptors (Lipinski definition) is 7. The summed E-state index contributed by atoms with van der Waals surface area (Å²) in [5, 5.41) is 0. The maximum absolute atomic E-state index is 12.4. The molecular formula is C23H36N4O5S. The Labute approximate surface area is 197 Å². The van der Waals surface area contributed by atoms with E-state index in [0.29, 0.717) is 39.3 Å². The summed E-state index contributed by atoms with van der Waals surface area (Å²) >= 11 is 0. The number of likely N-dealkylation sites (tertiary alicyclic amines) is 1. The summed E-state index contributed by atoms with van der Waals surface area (Å²) in [7, 11) is -3.14. The van der Waals surface area contributed by atoms with Gasteiger partial charge in [-0.2, -0.15) is 4.31 Å². The minimum atomic E-state index is -3.14. The van der Waals surface area contributed by atoms with Crippen LogP contribution in [-0.4, -0.2) is 84.9 Å². The molecule has 3 aliphatic heterocycles. The van der Waals surface area contributed by atoms with Gasteiger partial charge >= 0.3 is 6.09 Å². The van der Waals surface area contributed by atoms with Crippen molar-refractivity contribution in [2.75, 3.05) is 49.9 Å². The summed E-state index contributed by atoms with van der Waals surface area (Å²) in [6, 6.07) is 2.09. The molecule has 33 heavy (non-hydrogen) atoms. The molecule has 1 aromatic rings. The Balaban J connectivity index is 1.35.